The molecular weight excluding hydrogens is 229 g/mol. The molecule has 1 aliphatic heterocycles. The van der Waals surface area contributed by atoms with E-state index < -0.39 is 22.7 Å². The maximum atomic E-state index is 11.2. The summed E-state index contributed by atoms with van der Waals surface area (Å²) < 4.78 is 27.7. The molecule has 0 spiro atoms. The minimum absolute atomic E-state index is 0.0250. The first-order valence-corrected chi connectivity index (χ1v) is 6.29. The number of sulfonamides is 1. The van der Waals surface area contributed by atoms with Crippen LogP contribution < -0.4 is 10.6 Å². The Morgan fingerprint density at radius 1 is 1.44 bits per heavy atom. The first kappa shape index (κ1) is 11.6. The first-order valence-electron chi connectivity index (χ1n) is 4.75. The third-order valence-corrected chi connectivity index (χ3v) is 3.59. The summed E-state index contributed by atoms with van der Waals surface area (Å²) in [6, 6.07) is 4.33. The molecule has 0 aliphatic carbocycles. The third kappa shape index (κ3) is 1.76. The van der Waals surface area contributed by atoms with E-state index in [0.717, 1.165) is 0 Å². The molecule has 1 aromatic rings. The molecule has 0 bridgehead atoms. The topological polar surface area (TPSA) is 89.6 Å². The minimum atomic E-state index is -3.73. The van der Waals surface area contributed by atoms with Gasteiger partial charge in [-0.15, -0.1) is 0 Å². The van der Waals surface area contributed by atoms with E-state index in [9.17, 15) is 13.4 Å². The Kier molecular flexibility index (Phi) is 2.39. The molecule has 0 saturated heterocycles. The highest BCUT2D eigenvalue weighted by Gasteiger charge is 2.40. The van der Waals surface area contributed by atoms with Gasteiger partial charge in [0.2, 0.25) is 10.0 Å². The lowest BCUT2D eigenvalue weighted by atomic mass is 9.78. The standard InChI is InChI=1S/C9H12BNO4S/c1-9(2)7-5-6(16(11,13)14)3-4-8(7)10(12)15-9/h3-5,12H,1-2H3,(H2,11,13,14). The Labute approximate surface area is 94.4 Å². The van der Waals surface area contributed by atoms with Crippen LogP contribution in [0.3, 0.4) is 0 Å². The van der Waals surface area contributed by atoms with Gasteiger partial charge in [-0.25, -0.2) is 13.6 Å². The van der Waals surface area contributed by atoms with Gasteiger partial charge in [0.1, 0.15) is 0 Å². The number of hydrogen-bond acceptors (Lipinski definition) is 4. The van der Waals surface area contributed by atoms with Crippen molar-refractivity contribution in [3.63, 3.8) is 0 Å². The van der Waals surface area contributed by atoms with E-state index in [4.69, 9.17) is 9.79 Å². The van der Waals surface area contributed by atoms with E-state index in [0.29, 0.717) is 11.0 Å². The average molecular weight is 241 g/mol. The third-order valence-electron chi connectivity index (χ3n) is 2.67. The van der Waals surface area contributed by atoms with E-state index in [1.807, 2.05) is 0 Å². The lowest BCUT2D eigenvalue weighted by Crippen LogP contribution is -2.28. The van der Waals surface area contributed by atoms with E-state index >= 15 is 0 Å². The fourth-order valence-electron chi connectivity index (χ4n) is 1.86. The lowest BCUT2D eigenvalue weighted by Gasteiger charge is -2.19. The minimum Gasteiger partial charge on any atom is -0.423 e. The van der Waals surface area contributed by atoms with E-state index in [-0.39, 0.29) is 4.90 Å². The van der Waals surface area contributed by atoms with Crippen molar-refractivity contribution in [3.05, 3.63) is 23.8 Å². The number of rotatable bonds is 1. The second-order valence-corrected chi connectivity index (χ2v) is 5.84. The molecule has 86 valence electrons. The van der Waals surface area contributed by atoms with Gasteiger partial charge in [-0.3, -0.25) is 0 Å². The Bertz CT molecular complexity index is 540. The molecule has 0 radical (unpaired) electrons. The van der Waals surface area contributed by atoms with Crippen LogP contribution in [0.15, 0.2) is 23.1 Å². The van der Waals surface area contributed by atoms with Gasteiger partial charge in [0, 0.05) is 0 Å². The molecule has 3 N–H and O–H groups in total. The second-order valence-electron chi connectivity index (χ2n) is 4.27. The van der Waals surface area contributed by atoms with Gasteiger partial charge in [-0.05, 0) is 37.0 Å². The van der Waals surface area contributed by atoms with Crippen molar-refractivity contribution in [2.24, 2.45) is 5.14 Å². The number of nitrogens with two attached hydrogens (primary N) is 1. The number of fused-ring (bicyclic) bond motifs is 1. The zero-order valence-electron chi connectivity index (χ0n) is 8.97. The molecule has 7 heteroatoms. The molecule has 1 aliphatic rings. The molecule has 0 amide bonds. The van der Waals surface area contributed by atoms with Gasteiger partial charge >= 0.3 is 7.12 Å². The van der Waals surface area contributed by atoms with E-state index in [2.05, 4.69) is 0 Å². The summed E-state index contributed by atoms with van der Waals surface area (Å²) in [7, 11) is -4.74. The number of hydrogen-bond donors (Lipinski definition) is 2. The average Bonchev–Trinajstić information content (AvgIpc) is 2.36. The molecule has 5 nitrogen and oxygen atoms in total. The van der Waals surface area contributed by atoms with E-state index in [1.54, 1.807) is 13.8 Å². The second kappa shape index (κ2) is 3.30. The zero-order chi connectivity index (χ0) is 12.1. The first-order chi connectivity index (χ1) is 7.22. The summed E-state index contributed by atoms with van der Waals surface area (Å²) in [6.07, 6.45) is 0. The van der Waals surface area contributed by atoms with Crippen molar-refractivity contribution in [1.82, 2.24) is 0 Å². The molecule has 1 aromatic carbocycles. The molecular formula is C9H12BNO4S. The van der Waals surface area contributed by atoms with Crippen LogP contribution in [0.5, 0.6) is 0 Å². The van der Waals surface area contributed by atoms with E-state index in [1.165, 1.54) is 18.2 Å². The van der Waals surface area contributed by atoms with Crippen molar-refractivity contribution in [1.29, 1.82) is 0 Å². The van der Waals surface area contributed by atoms with Crippen LogP contribution in [0.1, 0.15) is 19.4 Å². The molecule has 0 saturated carbocycles. The quantitative estimate of drug-likeness (QED) is 0.635. The highest BCUT2D eigenvalue weighted by Crippen LogP contribution is 2.30. The zero-order valence-corrected chi connectivity index (χ0v) is 9.78. The predicted molar refractivity (Wildman–Crippen MR) is 59.5 cm³/mol. The van der Waals surface area contributed by atoms with Crippen molar-refractivity contribution < 1.29 is 18.1 Å². The monoisotopic (exact) mass is 241 g/mol. The summed E-state index contributed by atoms with van der Waals surface area (Å²) in [5.41, 5.74) is 0.513. The van der Waals surface area contributed by atoms with Gasteiger partial charge < -0.3 is 9.68 Å². The molecule has 0 atom stereocenters. The molecule has 2 rings (SSSR count). The largest absolute Gasteiger partial charge is 0.492 e. The lowest BCUT2D eigenvalue weighted by molar-refractivity contribution is 0.101. The van der Waals surface area contributed by atoms with Gasteiger partial charge in [0.25, 0.3) is 0 Å². The van der Waals surface area contributed by atoms with Crippen LogP contribution >= 0.6 is 0 Å². The van der Waals surface area contributed by atoms with Crippen LogP contribution in [0.25, 0.3) is 0 Å². The maximum absolute atomic E-state index is 11.2. The Hall–Kier alpha value is -0.885. The van der Waals surface area contributed by atoms with Gasteiger partial charge in [-0.2, -0.15) is 0 Å². The number of benzene rings is 1. The van der Waals surface area contributed by atoms with Crippen molar-refractivity contribution in [2.45, 2.75) is 24.3 Å². The number of primary sulfonamides is 1. The SMILES string of the molecule is CC1(C)OB(O)c2ccc(S(N)(=O)=O)cc21. The van der Waals surface area contributed by atoms with Crippen LogP contribution in [0, 0.1) is 0 Å². The fourth-order valence-corrected chi connectivity index (χ4v) is 2.39. The predicted octanol–water partition coefficient (Wildman–Crippen LogP) is -0.713. The van der Waals surface area contributed by atoms with Crippen LogP contribution in [-0.2, 0) is 20.3 Å². The van der Waals surface area contributed by atoms with Crippen LogP contribution in [-0.4, -0.2) is 20.6 Å². The smallest absolute Gasteiger partial charge is 0.423 e. The Morgan fingerprint density at radius 3 is 2.62 bits per heavy atom. The molecule has 0 aromatic heterocycles. The summed E-state index contributed by atoms with van der Waals surface area (Å²) in [4.78, 5) is 0.0250. The molecule has 0 unspecified atom stereocenters. The van der Waals surface area contributed by atoms with Gasteiger partial charge in [0.05, 0.1) is 10.5 Å². The van der Waals surface area contributed by atoms with Crippen molar-refractivity contribution in [3.8, 4) is 0 Å². The molecule has 1 heterocycles. The highest BCUT2D eigenvalue weighted by atomic mass is 32.2. The summed E-state index contributed by atoms with van der Waals surface area (Å²) >= 11 is 0. The highest BCUT2D eigenvalue weighted by molar-refractivity contribution is 7.89. The molecule has 0 fully saturated rings. The van der Waals surface area contributed by atoms with Gasteiger partial charge in [-0.1, -0.05) is 6.07 Å². The summed E-state index contributed by atoms with van der Waals surface area (Å²) in [6.45, 7) is 3.52. The summed E-state index contributed by atoms with van der Waals surface area (Å²) in [5.74, 6) is 0. The maximum Gasteiger partial charge on any atom is 0.492 e. The Morgan fingerprint density at radius 2 is 2.06 bits per heavy atom. The van der Waals surface area contributed by atoms with Crippen LogP contribution in [0.4, 0.5) is 0 Å². The fraction of sp³-hybridized carbons (Fsp3) is 0.333. The van der Waals surface area contributed by atoms with Gasteiger partial charge in [0.15, 0.2) is 0 Å². The van der Waals surface area contributed by atoms with Crippen molar-refractivity contribution >= 4 is 22.6 Å². The molecule has 16 heavy (non-hydrogen) atoms. The normalized spacial score (nSPS) is 18.6. The summed E-state index contributed by atoms with van der Waals surface area (Å²) in [5, 5.41) is 14.7. The van der Waals surface area contributed by atoms with Crippen molar-refractivity contribution in [2.75, 3.05) is 0 Å². The van der Waals surface area contributed by atoms with Crippen LogP contribution in [0.2, 0.25) is 0 Å². The Balaban J connectivity index is 2.64.